The molecule has 0 saturated carbocycles. The minimum atomic E-state index is -0.483. The van der Waals surface area contributed by atoms with Gasteiger partial charge in [-0.1, -0.05) is 6.92 Å². The third-order valence-electron chi connectivity index (χ3n) is 3.25. The fraction of sp³-hybridized carbons (Fsp3) is 0.385. The van der Waals surface area contributed by atoms with E-state index in [1.54, 1.807) is 0 Å². The molecule has 1 aromatic carbocycles. The molecule has 2 amide bonds. The second kappa shape index (κ2) is 5.17. The van der Waals surface area contributed by atoms with Gasteiger partial charge in [-0.3, -0.25) is 9.59 Å². The van der Waals surface area contributed by atoms with E-state index >= 15 is 0 Å². The molecule has 2 rings (SSSR count). The molecular formula is C13H17N3O3. The van der Waals surface area contributed by atoms with Crippen LogP contribution >= 0.6 is 0 Å². The van der Waals surface area contributed by atoms with E-state index in [1.165, 1.54) is 23.1 Å². The Labute approximate surface area is 111 Å². The Kier molecular flexibility index (Phi) is 3.59. The van der Waals surface area contributed by atoms with Crippen LogP contribution in [0.4, 0.5) is 5.69 Å². The Morgan fingerprint density at radius 3 is 3.00 bits per heavy atom. The van der Waals surface area contributed by atoms with Crippen molar-refractivity contribution in [1.82, 2.24) is 10.2 Å². The van der Waals surface area contributed by atoms with Gasteiger partial charge in [0.25, 0.3) is 5.91 Å². The lowest BCUT2D eigenvalue weighted by atomic mass is 10.1. The molecule has 1 unspecified atom stereocenters. The Morgan fingerprint density at radius 1 is 1.58 bits per heavy atom. The van der Waals surface area contributed by atoms with Crippen molar-refractivity contribution in [2.45, 2.75) is 19.4 Å². The van der Waals surface area contributed by atoms with Gasteiger partial charge in [0.15, 0.2) is 0 Å². The molecule has 19 heavy (non-hydrogen) atoms. The van der Waals surface area contributed by atoms with Gasteiger partial charge in [0.05, 0.1) is 5.56 Å². The van der Waals surface area contributed by atoms with E-state index < -0.39 is 6.04 Å². The second-order valence-electron chi connectivity index (χ2n) is 4.49. The summed E-state index contributed by atoms with van der Waals surface area (Å²) in [6, 6.07) is 3.75. The summed E-state index contributed by atoms with van der Waals surface area (Å²) in [4.78, 5) is 25.7. The van der Waals surface area contributed by atoms with Crippen molar-refractivity contribution in [3.8, 4) is 5.75 Å². The summed E-state index contributed by atoms with van der Waals surface area (Å²) in [7, 11) is 0. The highest BCUT2D eigenvalue weighted by atomic mass is 16.3. The fourth-order valence-electron chi connectivity index (χ4n) is 2.25. The SMILES string of the molecule is CCC1C(=O)NCCN1C(=O)c1cc(O)ccc1N. The van der Waals surface area contributed by atoms with E-state index in [4.69, 9.17) is 5.73 Å². The van der Waals surface area contributed by atoms with Crippen LogP contribution in [0, 0.1) is 0 Å². The zero-order chi connectivity index (χ0) is 14.0. The minimum Gasteiger partial charge on any atom is -0.508 e. The molecule has 0 radical (unpaired) electrons. The van der Waals surface area contributed by atoms with E-state index in [-0.39, 0.29) is 23.1 Å². The standard InChI is InChI=1S/C13H17N3O3/c1-2-11-12(18)15-5-6-16(11)13(19)9-7-8(17)3-4-10(9)14/h3-4,7,11,17H,2,5-6,14H2,1H3,(H,15,18). The second-order valence-corrected chi connectivity index (χ2v) is 4.49. The maximum absolute atomic E-state index is 12.4. The number of carbonyl (C=O) groups is 2. The molecule has 4 N–H and O–H groups in total. The third kappa shape index (κ3) is 2.47. The monoisotopic (exact) mass is 263 g/mol. The van der Waals surface area contributed by atoms with Crippen LogP contribution in [0.25, 0.3) is 0 Å². The lowest BCUT2D eigenvalue weighted by Gasteiger charge is -2.34. The number of phenols is 1. The molecule has 1 saturated heterocycles. The Hall–Kier alpha value is -2.24. The molecule has 6 heteroatoms. The van der Waals surface area contributed by atoms with Gasteiger partial charge < -0.3 is 21.1 Å². The summed E-state index contributed by atoms with van der Waals surface area (Å²) >= 11 is 0. The summed E-state index contributed by atoms with van der Waals surface area (Å²) in [5.74, 6) is -0.497. The van der Waals surface area contributed by atoms with Crippen LogP contribution in [0.1, 0.15) is 23.7 Å². The maximum Gasteiger partial charge on any atom is 0.256 e. The number of benzene rings is 1. The highest BCUT2D eigenvalue weighted by Crippen LogP contribution is 2.22. The fourth-order valence-corrected chi connectivity index (χ4v) is 2.25. The number of rotatable bonds is 2. The number of piperazine rings is 1. The van der Waals surface area contributed by atoms with E-state index in [9.17, 15) is 14.7 Å². The van der Waals surface area contributed by atoms with E-state index in [0.29, 0.717) is 25.2 Å². The van der Waals surface area contributed by atoms with Crippen molar-refractivity contribution in [2.24, 2.45) is 0 Å². The third-order valence-corrected chi connectivity index (χ3v) is 3.25. The predicted molar refractivity (Wildman–Crippen MR) is 70.6 cm³/mol. The van der Waals surface area contributed by atoms with Crippen LogP contribution in [0.5, 0.6) is 5.75 Å². The van der Waals surface area contributed by atoms with Crippen molar-refractivity contribution in [3.05, 3.63) is 23.8 Å². The highest BCUT2D eigenvalue weighted by molar-refractivity contribution is 6.02. The molecule has 1 aromatic rings. The topological polar surface area (TPSA) is 95.7 Å². The number of nitrogens with two attached hydrogens (primary N) is 1. The van der Waals surface area contributed by atoms with Gasteiger partial charge in [0.1, 0.15) is 11.8 Å². The molecule has 1 aliphatic heterocycles. The Balaban J connectivity index is 2.32. The van der Waals surface area contributed by atoms with Crippen molar-refractivity contribution in [1.29, 1.82) is 0 Å². The van der Waals surface area contributed by atoms with Gasteiger partial charge in [0.2, 0.25) is 5.91 Å². The van der Waals surface area contributed by atoms with E-state index in [0.717, 1.165) is 0 Å². The molecule has 1 fully saturated rings. The van der Waals surface area contributed by atoms with Gasteiger partial charge in [0, 0.05) is 18.8 Å². The zero-order valence-corrected chi connectivity index (χ0v) is 10.7. The lowest BCUT2D eigenvalue weighted by Crippen LogP contribution is -2.56. The first-order chi connectivity index (χ1) is 9.04. The Morgan fingerprint density at radius 2 is 2.32 bits per heavy atom. The summed E-state index contributed by atoms with van der Waals surface area (Å²) < 4.78 is 0. The average Bonchev–Trinajstić information content (AvgIpc) is 2.40. The zero-order valence-electron chi connectivity index (χ0n) is 10.7. The van der Waals surface area contributed by atoms with Gasteiger partial charge in [-0.25, -0.2) is 0 Å². The first kappa shape index (κ1) is 13.2. The number of hydrogen-bond donors (Lipinski definition) is 3. The predicted octanol–water partition coefficient (Wildman–Crippen LogP) is 0.325. The summed E-state index contributed by atoms with van der Waals surface area (Å²) in [6.45, 7) is 2.72. The van der Waals surface area contributed by atoms with Crippen molar-refractivity contribution < 1.29 is 14.7 Å². The maximum atomic E-state index is 12.4. The molecule has 6 nitrogen and oxygen atoms in total. The normalized spacial score (nSPS) is 19.1. The van der Waals surface area contributed by atoms with Crippen molar-refractivity contribution in [3.63, 3.8) is 0 Å². The molecule has 0 bridgehead atoms. The largest absolute Gasteiger partial charge is 0.508 e. The molecule has 1 aliphatic rings. The molecule has 0 aliphatic carbocycles. The number of aromatic hydroxyl groups is 1. The van der Waals surface area contributed by atoms with Crippen LogP contribution in [0.15, 0.2) is 18.2 Å². The number of hydrogen-bond acceptors (Lipinski definition) is 4. The summed E-state index contributed by atoms with van der Waals surface area (Å²) in [5, 5.41) is 12.2. The van der Waals surface area contributed by atoms with E-state index in [2.05, 4.69) is 5.32 Å². The van der Waals surface area contributed by atoms with E-state index in [1.807, 2.05) is 6.92 Å². The molecule has 1 heterocycles. The number of nitrogens with zero attached hydrogens (tertiary/aromatic N) is 1. The minimum absolute atomic E-state index is 0.0212. The molecular weight excluding hydrogens is 246 g/mol. The average molecular weight is 263 g/mol. The lowest BCUT2D eigenvalue weighted by molar-refractivity contribution is -0.127. The summed E-state index contributed by atoms with van der Waals surface area (Å²) in [6.07, 6.45) is 0.538. The number of carbonyl (C=O) groups excluding carboxylic acids is 2. The van der Waals surface area contributed by atoms with Gasteiger partial charge >= 0.3 is 0 Å². The van der Waals surface area contributed by atoms with Gasteiger partial charge in [-0.2, -0.15) is 0 Å². The molecule has 0 aromatic heterocycles. The van der Waals surface area contributed by atoms with Crippen LogP contribution in [0.2, 0.25) is 0 Å². The number of anilines is 1. The highest BCUT2D eigenvalue weighted by Gasteiger charge is 2.32. The van der Waals surface area contributed by atoms with Crippen LogP contribution in [-0.4, -0.2) is 41.0 Å². The van der Waals surface area contributed by atoms with Gasteiger partial charge in [-0.05, 0) is 24.6 Å². The van der Waals surface area contributed by atoms with Crippen LogP contribution in [0.3, 0.4) is 0 Å². The smallest absolute Gasteiger partial charge is 0.256 e. The van der Waals surface area contributed by atoms with Crippen molar-refractivity contribution >= 4 is 17.5 Å². The quantitative estimate of drug-likeness (QED) is 0.529. The first-order valence-electron chi connectivity index (χ1n) is 6.21. The number of amides is 2. The summed E-state index contributed by atoms with van der Waals surface area (Å²) in [5.41, 5.74) is 6.28. The molecule has 1 atom stereocenters. The molecule has 0 spiro atoms. The van der Waals surface area contributed by atoms with Crippen molar-refractivity contribution in [2.75, 3.05) is 18.8 Å². The number of nitrogens with one attached hydrogen (secondary N) is 1. The van der Waals surface area contributed by atoms with Crippen LogP contribution in [-0.2, 0) is 4.79 Å². The number of phenolic OH excluding ortho intramolecular Hbond substituents is 1. The first-order valence-corrected chi connectivity index (χ1v) is 6.21. The number of nitrogen functional groups attached to an aromatic ring is 1. The van der Waals surface area contributed by atoms with Gasteiger partial charge in [-0.15, -0.1) is 0 Å². The Bertz CT molecular complexity index is 516. The van der Waals surface area contributed by atoms with Crippen LogP contribution < -0.4 is 11.1 Å². The molecule has 102 valence electrons.